The lowest BCUT2D eigenvalue weighted by Gasteiger charge is -2.01. The molecule has 0 spiro atoms. The van der Waals surface area contributed by atoms with E-state index in [2.05, 4.69) is 10.1 Å². The van der Waals surface area contributed by atoms with E-state index < -0.39 is 5.82 Å². The Balaban J connectivity index is 2.19. The first-order valence-electron chi connectivity index (χ1n) is 5.57. The first kappa shape index (κ1) is 13.0. The Kier molecular flexibility index (Phi) is 3.93. The van der Waals surface area contributed by atoms with Crippen molar-refractivity contribution < 1.29 is 8.91 Å². The maximum Gasteiger partial charge on any atom is 0.230 e. The summed E-state index contributed by atoms with van der Waals surface area (Å²) in [7, 11) is 0. The highest BCUT2D eigenvalue weighted by atomic mass is 35.5. The van der Waals surface area contributed by atoms with Crippen molar-refractivity contribution >= 4 is 11.6 Å². The van der Waals surface area contributed by atoms with Gasteiger partial charge < -0.3 is 10.3 Å². The number of aromatic nitrogens is 2. The molecule has 0 amide bonds. The van der Waals surface area contributed by atoms with Crippen LogP contribution in [0.1, 0.15) is 30.1 Å². The molecule has 0 aliphatic carbocycles. The fourth-order valence-electron chi connectivity index (χ4n) is 1.50. The van der Waals surface area contributed by atoms with Crippen LogP contribution in [0.15, 0.2) is 22.7 Å². The van der Waals surface area contributed by atoms with Crippen molar-refractivity contribution in [2.75, 3.05) is 6.54 Å². The number of nitrogens with two attached hydrogens (primary N) is 1. The fraction of sp³-hybridized carbons (Fsp3) is 0.333. The van der Waals surface area contributed by atoms with E-state index in [0.717, 1.165) is 0 Å². The van der Waals surface area contributed by atoms with Crippen molar-refractivity contribution in [1.29, 1.82) is 0 Å². The van der Waals surface area contributed by atoms with Gasteiger partial charge in [0.25, 0.3) is 0 Å². The molecule has 4 nitrogen and oxygen atoms in total. The summed E-state index contributed by atoms with van der Waals surface area (Å²) < 4.78 is 18.7. The molecule has 0 saturated carbocycles. The molecule has 0 saturated heterocycles. The molecule has 6 heteroatoms. The van der Waals surface area contributed by atoms with Gasteiger partial charge in [-0.3, -0.25) is 0 Å². The fourth-order valence-corrected chi connectivity index (χ4v) is 1.69. The highest BCUT2D eigenvalue weighted by molar-refractivity contribution is 6.30. The van der Waals surface area contributed by atoms with E-state index in [9.17, 15) is 4.39 Å². The van der Waals surface area contributed by atoms with Gasteiger partial charge in [-0.15, -0.1) is 0 Å². The molecule has 2 N–H and O–H groups in total. The first-order valence-corrected chi connectivity index (χ1v) is 5.95. The molecule has 1 atom stereocenters. The van der Waals surface area contributed by atoms with Crippen LogP contribution in [-0.2, 0) is 6.42 Å². The minimum absolute atomic E-state index is 0.00421. The van der Waals surface area contributed by atoms with Crippen molar-refractivity contribution in [2.45, 2.75) is 19.3 Å². The summed E-state index contributed by atoms with van der Waals surface area (Å²) in [5.74, 6) is 0.439. The molecule has 0 fully saturated rings. The minimum atomic E-state index is -0.447. The zero-order valence-electron chi connectivity index (χ0n) is 9.86. The molecule has 0 radical (unpaired) electrons. The van der Waals surface area contributed by atoms with E-state index >= 15 is 0 Å². The molecule has 1 aromatic heterocycles. The zero-order valence-corrected chi connectivity index (χ0v) is 10.6. The van der Waals surface area contributed by atoms with Crippen LogP contribution in [0.3, 0.4) is 0 Å². The monoisotopic (exact) mass is 269 g/mol. The maximum atomic E-state index is 13.7. The summed E-state index contributed by atoms with van der Waals surface area (Å²) in [5.41, 5.74) is 5.94. The van der Waals surface area contributed by atoms with Crippen LogP contribution in [0.4, 0.5) is 4.39 Å². The molecule has 1 aromatic carbocycles. The van der Waals surface area contributed by atoms with Crippen LogP contribution in [0.2, 0.25) is 5.02 Å². The van der Waals surface area contributed by atoms with Crippen LogP contribution in [0.25, 0.3) is 0 Å². The Bertz CT molecular complexity index is 544. The summed E-state index contributed by atoms with van der Waals surface area (Å²) in [6, 6.07) is 4.83. The first-order chi connectivity index (χ1) is 8.61. The van der Waals surface area contributed by atoms with Gasteiger partial charge in [0.15, 0.2) is 5.82 Å². The van der Waals surface area contributed by atoms with Gasteiger partial charge in [-0.05, 0) is 11.6 Å². The van der Waals surface area contributed by atoms with E-state index in [1.54, 1.807) is 12.1 Å². The van der Waals surface area contributed by atoms with E-state index in [1.807, 2.05) is 6.92 Å². The van der Waals surface area contributed by atoms with Gasteiger partial charge in [0.05, 0.1) is 5.02 Å². The maximum absolute atomic E-state index is 13.7. The second-order valence-corrected chi connectivity index (χ2v) is 4.48. The molecular weight excluding hydrogens is 257 g/mol. The SMILES string of the molecule is CC(CN)c1nc(Cc2cccc(Cl)c2F)no1. The van der Waals surface area contributed by atoms with Crippen molar-refractivity contribution in [2.24, 2.45) is 5.73 Å². The van der Waals surface area contributed by atoms with Gasteiger partial charge in [-0.25, -0.2) is 4.39 Å². The Labute approximate surface area is 109 Å². The third-order valence-electron chi connectivity index (χ3n) is 2.64. The van der Waals surface area contributed by atoms with E-state index in [-0.39, 0.29) is 17.4 Å². The summed E-state index contributed by atoms with van der Waals surface area (Å²) in [5, 5.41) is 3.89. The molecule has 2 rings (SSSR count). The molecular formula is C12H13ClFN3O. The summed E-state index contributed by atoms with van der Waals surface area (Å²) in [6.45, 7) is 2.31. The largest absolute Gasteiger partial charge is 0.339 e. The Morgan fingerprint density at radius 2 is 2.28 bits per heavy atom. The molecule has 0 aliphatic rings. The summed E-state index contributed by atoms with van der Waals surface area (Å²) >= 11 is 5.70. The second kappa shape index (κ2) is 5.46. The Hall–Kier alpha value is -1.46. The van der Waals surface area contributed by atoms with Crippen molar-refractivity contribution in [3.8, 4) is 0 Å². The second-order valence-electron chi connectivity index (χ2n) is 4.08. The molecule has 0 bridgehead atoms. The topological polar surface area (TPSA) is 64.9 Å². The van der Waals surface area contributed by atoms with Gasteiger partial charge in [-0.2, -0.15) is 4.98 Å². The van der Waals surface area contributed by atoms with Crippen LogP contribution in [0, 0.1) is 5.82 Å². The highest BCUT2D eigenvalue weighted by Gasteiger charge is 2.14. The van der Waals surface area contributed by atoms with Crippen LogP contribution in [-0.4, -0.2) is 16.7 Å². The lowest BCUT2D eigenvalue weighted by Crippen LogP contribution is -2.09. The van der Waals surface area contributed by atoms with E-state index in [1.165, 1.54) is 6.07 Å². The predicted octanol–water partition coefficient (Wildman–Crippen LogP) is 2.52. The standard InChI is InChI=1S/C12H13ClFN3O/c1-7(6-15)12-16-10(17-18-12)5-8-3-2-4-9(13)11(8)14/h2-4,7H,5-6,15H2,1H3. The molecule has 1 heterocycles. The van der Waals surface area contributed by atoms with Crippen LogP contribution >= 0.6 is 11.6 Å². The van der Waals surface area contributed by atoms with Gasteiger partial charge in [-0.1, -0.05) is 35.8 Å². The van der Waals surface area contributed by atoms with Crippen LogP contribution < -0.4 is 5.73 Å². The molecule has 0 aliphatic heterocycles. The quantitative estimate of drug-likeness (QED) is 0.926. The number of hydrogen-bond acceptors (Lipinski definition) is 4. The van der Waals surface area contributed by atoms with E-state index in [0.29, 0.717) is 23.8 Å². The average Bonchev–Trinajstić information content (AvgIpc) is 2.82. The molecule has 1 unspecified atom stereocenters. The lowest BCUT2D eigenvalue weighted by molar-refractivity contribution is 0.357. The Morgan fingerprint density at radius 3 is 3.00 bits per heavy atom. The normalized spacial score (nSPS) is 12.7. The average molecular weight is 270 g/mol. The predicted molar refractivity (Wildman–Crippen MR) is 66.0 cm³/mol. The van der Waals surface area contributed by atoms with Crippen molar-refractivity contribution in [3.63, 3.8) is 0 Å². The highest BCUT2D eigenvalue weighted by Crippen LogP contribution is 2.20. The number of benzene rings is 1. The smallest absolute Gasteiger partial charge is 0.230 e. The zero-order chi connectivity index (χ0) is 13.1. The van der Waals surface area contributed by atoms with Crippen molar-refractivity contribution in [3.05, 3.63) is 46.3 Å². The van der Waals surface area contributed by atoms with Crippen LogP contribution in [0.5, 0.6) is 0 Å². The van der Waals surface area contributed by atoms with Gasteiger partial charge >= 0.3 is 0 Å². The minimum Gasteiger partial charge on any atom is -0.339 e. The number of rotatable bonds is 4. The molecule has 96 valence electrons. The third kappa shape index (κ3) is 2.68. The third-order valence-corrected chi connectivity index (χ3v) is 2.93. The molecule has 2 aromatic rings. The van der Waals surface area contributed by atoms with Gasteiger partial charge in [0.2, 0.25) is 5.89 Å². The number of halogens is 2. The summed E-state index contributed by atoms with van der Waals surface area (Å²) in [6.07, 6.45) is 0.243. The number of nitrogens with zero attached hydrogens (tertiary/aromatic N) is 2. The lowest BCUT2D eigenvalue weighted by atomic mass is 10.1. The summed E-state index contributed by atoms with van der Waals surface area (Å²) in [4.78, 5) is 4.18. The Morgan fingerprint density at radius 1 is 1.50 bits per heavy atom. The van der Waals surface area contributed by atoms with Gasteiger partial charge in [0, 0.05) is 18.9 Å². The number of hydrogen-bond donors (Lipinski definition) is 1. The molecule has 18 heavy (non-hydrogen) atoms. The van der Waals surface area contributed by atoms with E-state index in [4.69, 9.17) is 21.9 Å². The van der Waals surface area contributed by atoms with Crippen molar-refractivity contribution in [1.82, 2.24) is 10.1 Å². The van der Waals surface area contributed by atoms with Gasteiger partial charge in [0.1, 0.15) is 5.82 Å².